The molecular weight excluding hydrogens is 537 g/mol. The van der Waals surface area contributed by atoms with Gasteiger partial charge >= 0.3 is 0 Å². The Labute approximate surface area is 227 Å². The van der Waals surface area contributed by atoms with Gasteiger partial charge in [0.1, 0.15) is 18.1 Å². The minimum atomic E-state index is -0.563. The molecule has 0 saturated carbocycles. The molecule has 0 bridgehead atoms. The number of carbonyl (C=O) groups excluding carboxylic acids is 3. The first-order valence-electron chi connectivity index (χ1n) is 11.4. The Hall–Kier alpha value is -3.24. The Bertz CT molecular complexity index is 1380. The highest BCUT2D eigenvalue weighted by Gasteiger charge is 2.36. The lowest BCUT2D eigenvalue weighted by atomic mass is 10.2. The summed E-state index contributed by atoms with van der Waals surface area (Å²) in [6.45, 7) is 2.59. The summed E-state index contributed by atoms with van der Waals surface area (Å²) in [4.78, 5) is 41.2. The summed E-state index contributed by atoms with van der Waals surface area (Å²) < 4.78 is 11.2. The van der Waals surface area contributed by atoms with Gasteiger partial charge in [-0.3, -0.25) is 19.3 Å². The van der Waals surface area contributed by atoms with E-state index in [-0.39, 0.29) is 4.91 Å². The van der Waals surface area contributed by atoms with E-state index in [9.17, 15) is 14.4 Å². The van der Waals surface area contributed by atoms with Gasteiger partial charge < -0.3 is 19.4 Å². The molecule has 5 rings (SSSR count). The molecule has 0 aliphatic carbocycles. The molecule has 1 aromatic heterocycles. The predicted octanol–water partition coefficient (Wildman–Crippen LogP) is 5.77. The number of benzene rings is 2. The molecule has 190 valence electrons. The average molecular weight is 558 g/mol. The molecule has 0 spiro atoms. The Morgan fingerprint density at radius 2 is 1.78 bits per heavy atom. The monoisotopic (exact) mass is 557 g/mol. The lowest BCUT2D eigenvalue weighted by molar-refractivity contribution is -0.127. The lowest BCUT2D eigenvalue weighted by Gasteiger charge is -2.28. The molecule has 2 aromatic carbocycles. The number of imide groups is 1. The molecule has 0 radical (unpaired) electrons. The van der Waals surface area contributed by atoms with Crippen LogP contribution < -0.4 is 10.2 Å². The number of thioether (sulfide) groups is 1. The average Bonchev–Trinajstić information content (AvgIpc) is 3.46. The number of halogens is 2. The SMILES string of the molecule is O=C(CN1C(=O)S/C(=C/c2ccc(-c3cc(Cl)ccc3Cl)o2)C1=O)Nc1ccc(N2CCOCC2)cc1. The number of anilines is 2. The molecule has 2 fully saturated rings. The Morgan fingerprint density at radius 1 is 1.03 bits per heavy atom. The Morgan fingerprint density at radius 3 is 2.54 bits per heavy atom. The van der Waals surface area contributed by atoms with Gasteiger partial charge in [-0.1, -0.05) is 23.2 Å². The van der Waals surface area contributed by atoms with Gasteiger partial charge in [0.2, 0.25) is 5.91 Å². The summed E-state index contributed by atoms with van der Waals surface area (Å²) in [6, 6.07) is 15.8. The van der Waals surface area contributed by atoms with E-state index < -0.39 is 23.6 Å². The molecule has 2 aliphatic heterocycles. The van der Waals surface area contributed by atoms with Gasteiger partial charge in [0.15, 0.2) is 0 Å². The zero-order chi connectivity index (χ0) is 25.9. The first kappa shape index (κ1) is 25.4. The molecule has 0 atom stereocenters. The van der Waals surface area contributed by atoms with Gasteiger partial charge in [-0.05, 0) is 66.4 Å². The first-order valence-corrected chi connectivity index (χ1v) is 13.0. The fourth-order valence-corrected chi connectivity index (χ4v) is 5.15. The van der Waals surface area contributed by atoms with Gasteiger partial charge in [-0.15, -0.1) is 0 Å². The smallest absolute Gasteiger partial charge is 0.294 e. The summed E-state index contributed by atoms with van der Waals surface area (Å²) >= 11 is 13.0. The molecule has 3 heterocycles. The van der Waals surface area contributed by atoms with Crippen molar-refractivity contribution < 1.29 is 23.5 Å². The lowest BCUT2D eigenvalue weighted by Crippen LogP contribution is -2.36. The van der Waals surface area contributed by atoms with Crippen molar-refractivity contribution >= 4 is 69.5 Å². The summed E-state index contributed by atoms with van der Waals surface area (Å²) in [6.07, 6.45) is 1.47. The molecule has 3 aromatic rings. The van der Waals surface area contributed by atoms with Crippen LogP contribution in [0.15, 0.2) is 63.9 Å². The maximum absolute atomic E-state index is 12.8. The highest BCUT2D eigenvalue weighted by molar-refractivity contribution is 8.18. The number of nitrogens with one attached hydrogen (secondary N) is 1. The Kier molecular flexibility index (Phi) is 7.57. The van der Waals surface area contributed by atoms with Crippen LogP contribution in [0.5, 0.6) is 0 Å². The fourth-order valence-electron chi connectivity index (χ4n) is 3.95. The summed E-state index contributed by atoms with van der Waals surface area (Å²) in [5, 5.41) is 3.18. The van der Waals surface area contributed by atoms with Crippen LogP contribution in [0.3, 0.4) is 0 Å². The van der Waals surface area contributed by atoms with E-state index in [2.05, 4.69) is 10.2 Å². The van der Waals surface area contributed by atoms with Gasteiger partial charge in [0.05, 0.1) is 23.1 Å². The minimum Gasteiger partial charge on any atom is -0.457 e. The molecular formula is C26H21Cl2N3O5S. The number of amides is 3. The van der Waals surface area contributed by atoms with Gasteiger partial charge in [-0.25, -0.2) is 0 Å². The van der Waals surface area contributed by atoms with Gasteiger partial charge in [0.25, 0.3) is 11.1 Å². The molecule has 37 heavy (non-hydrogen) atoms. The van der Waals surface area contributed by atoms with Crippen LogP contribution in [0.1, 0.15) is 5.76 Å². The van der Waals surface area contributed by atoms with Crippen molar-refractivity contribution in [3.05, 3.63) is 75.3 Å². The van der Waals surface area contributed by atoms with Crippen LogP contribution in [-0.2, 0) is 14.3 Å². The number of carbonyl (C=O) groups is 3. The summed E-state index contributed by atoms with van der Waals surface area (Å²) in [7, 11) is 0. The number of hydrogen-bond acceptors (Lipinski definition) is 7. The highest BCUT2D eigenvalue weighted by Crippen LogP contribution is 2.35. The first-order chi connectivity index (χ1) is 17.9. The van der Waals surface area contributed by atoms with E-state index in [1.165, 1.54) is 6.08 Å². The number of nitrogens with zero attached hydrogens (tertiary/aromatic N) is 2. The van der Waals surface area contributed by atoms with E-state index in [1.54, 1.807) is 42.5 Å². The van der Waals surface area contributed by atoms with E-state index in [4.69, 9.17) is 32.4 Å². The molecule has 0 unspecified atom stereocenters. The molecule has 2 saturated heterocycles. The third-order valence-electron chi connectivity index (χ3n) is 5.80. The van der Waals surface area contributed by atoms with Gasteiger partial charge in [-0.2, -0.15) is 0 Å². The normalized spacial score (nSPS) is 17.1. The van der Waals surface area contributed by atoms with Crippen molar-refractivity contribution in [2.75, 3.05) is 43.1 Å². The van der Waals surface area contributed by atoms with Crippen molar-refractivity contribution in [1.82, 2.24) is 4.90 Å². The number of hydrogen-bond donors (Lipinski definition) is 1. The van der Waals surface area contributed by atoms with Crippen LogP contribution in [0, 0.1) is 0 Å². The predicted molar refractivity (Wildman–Crippen MR) is 145 cm³/mol. The van der Waals surface area contributed by atoms with Crippen LogP contribution in [0.4, 0.5) is 16.2 Å². The molecule has 2 aliphatic rings. The molecule has 8 nitrogen and oxygen atoms in total. The zero-order valence-corrected chi connectivity index (χ0v) is 21.7. The molecule has 1 N–H and O–H groups in total. The van der Waals surface area contributed by atoms with Crippen LogP contribution >= 0.6 is 35.0 Å². The third-order valence-corrected chi connectivity index (χ3v) is 7.27. The largest absolute Gasteiger partial charge is 0.457 e. The third kappa shape index (κ3) is 5.86. The number of morpholine rings is 1. The minimum absolute atomic E-state index is 0.158. The van der Waals surface area contributed by atoms with Crippen molar-refractivity contribution in [3.63, 3.8) is 0 Å². The second-order valence-electron chi connectivity index (χ2n) is 8.29. The van der Waals surface area contributed by atoms with E-state index >= 15 is 0 Å². The van der Waals surface area contributed by atoms with Gasteiger partial charge in [0, 0.05) is 41.1 Å². The maximum atomic E-state index is 12.8. The van der Waals surface area contributed by atoms with Crippen LogP contribution in [0.25, 0.3) is 17.4 Å². The molecule has 11 heteroatoms. The zero-order valence-electron chi connectivity index (χ0n) is 19.4. The number of rotatable bonds is 6. The second kappa shape index (κ2) is 11.0. The maximum Gasteiger partial charge on any atom is 0.294 e. The standard InChI is InChI=1S/C26H21Cl2N3O5S/c27-16-1-7-21(28)20(13-16)22-8-6-19(36-22)14-23-25(33)31(26(34)37-23)15-24(32)29-17-2-4-18(5-3-17)30-9-11-35-12-10-30/h1-8,13-14H,9-12,15H2,(H,29,32)/b23-14+. The highest BCUT2D eigenvalue weighted by atomic mass is 35.5. The van der Waals surface area contributed by atoms with Crippen molar-refractivity contribution in [1.29, 1.82) is 0 Å². The number of ether oxygens (including phenoxy) is 1. The summed E-state index contributed by atoms with van der Waals surface area (Å²) in [5.74, 6) is -0.205. The molecule has 3 amide bonds. The van der Waals surface area contributed by atoms with Crippen molar-refractivity contribution in [2.24, 2.45) is 0 Å². The number of furan rings is 1. The van der Waals surface area contributed by atoms with Crippen LogP contribution in [0.2, 0.25) is 10.0 Å². The van der Waals surface area contributed by atoms with Crippen LogP contribution in [-0.4, -0.2) is 54.8 Å². The Balaban J connectivity index is 1.22. The van der Waals surface area contributed by atoms with Crippen molar-refractivity contribution in [2.45, 2.75) is 0 Å². The van der Waals surface area contributed by atoms with Crippen molar-refractivity contribution in [3.8, 4) is 11.3 Å². The van der Waals surface area contributed by atoms with E-state index in [0.29, 0.717) is 46.0 Å². The topological polar surface area (TPSA) is 92.1 Å². The fraction of sp³-hybridized carbons (Fsp3) is 0.192. The summed E-state index contributed by atoms with van der Waals surface area (Å²) in [5.41, 5.74) is 2.22. The quantitative estimate of drug-likeness (QED) is 0.385. The van der Waals surface area contributed by atoms with E-state index in [0.717, 1.165) is 35.4 Å². The second-order valence-corrected chi connectivity index (χ2v) is 10.1. The van der Waals surface area contributed by atoms with E-state index in [1.807, 2.05) is 12.1 Å².